The second kappa shape index (κ2) is 5.55. The average molecular weight is 253 g/mol. The maximum atomic E-state index is 6.25. The van der Waals surface area contributed by atoms with Crippen molar-refractivity contribution in [3.63, 3.8) is 0 Å². The van der Waals surface area contributed by atoms with Crippen LogP contribution >= 0.6 is 0 Å². The zero-order valence-corrected chi connectivity index (χ0v) is 11.0. The highest BCUT2D eigenvalue weighted by Gasteiger charge is 2.29. The van der Waals surface area contributed by atoms with Gasteiger partial charge in [-0.15, -0.1) is 0 Å². The van der Waals surface area contributed by atoms with Crippen LogP contribution in [0.25, 0.3) is 0 Å². The van der Waals surface area contributed by atoms with Gasteiger partial charge in [0.2, 0.25) is 0 Å². The number of nitrogens with two attached hydrogens (primary N) is 1. The monoisotopic (exact) mass is 253 g/mol. The van der Waals surface area contributed by atoms with Crippen LogP contribution < -0.4 is 5.73 Å². The molecule has 0 bridgehead atoms. The smallest absolute Gasteiger partial charge is 0.0808 e. The largest absolute Gasteiger partial charge is 0.376 e. The van der Waals surface area contributed by atoms with Gasteiger partial charge in [-0.05, 0) is 23.1 Å². The molecule has 2 aromatic rings. The Morgan fingerprint density at radius 1 is 1.00 bits per heavy atom. The van der Waals surface area contributed by atoms with E-state index in [4.69, 9.17) is 10.5 Å². The SMILES string of the molecule is NC1c2ccccc2CC1OCCc1ccccc1. The van der Waals surface area contributed by atoms with Gasteiger partial charge >= 0.3 is 0 Å². The van der Waals surface area contributed by atoms with Crippen LogP contribution in [0.4, 0.5) is 0 Å². The highest BCUT2D eigenvalue weighted by atomic mass is 16.5. The Morgan fingerprint density at radius 2 is 1.74 bits per heavy atom. The Morgan fingerprint density at radius 3 is 2.53 bits per heavy atom. The van der Waals surface area contributed by atoms with Crippen molar-refractivity contribution < 1.29 is 4.74 Å². The summed E-state index contributed by atoms with van der Waals surface area (Å²) >= 11 is 0. The van der Waals surface area contributed by atoms with Crippen LogP contribution in [-0.2, 0) is 17.6 Å². The van der Waals surface area contributed by atoms with Crippen molar-refractivity contribution in [3.8, 4) is 0 Å². The summed E-state index contributed by atoms with van der Waals surface area (Å²) in [5, 5.41) is 0. The summed E-state index contributed by atoms with van der Waals surface area (Å²) < 4.78 is 5.98. The molecule has 0 heterocycles. The molecule has 2 nitrogen and oxygen atoms in total. The van der Waals surface area contributed by atoms with Crippen LogP contribution in [0.1, 0.15) is 22.7 Å². The van der Waals surface area contributed by atoms with Crippen LogP contribution in [-0.4, -0.2) is 12.7 Å². The van der Waals surface area contributed by atoms with E-state index in [1.54, 1.807) is 0 Å². The van der Waals surface area contributed by atoms with Gasteiger partial charge in [0, 0.05) is 6.42 Å². The van der Waals surface area contributed by atoms with E-state index in [0.29, 0.717) is 0 Å². The van der Waals surface area contributed by atoms with Gasteiger partial charge in [0.15, 0.2) is 0 Å². The summed E-state index contributed by atoms with van der Waals surface area (Å²) in [5.74, 6) is 0. The third-order valence-electron chi connectivity index (χ3n) is 3.80. The topological polar surface area (TPSA) is 35.2 Å². The molecule has 0 aromatic heterocycles. The molecule has 0 radical (unpaired) electrons. The fourth-order valence-electron chi connectivity index (χ4n) is 2.72. The zero-order valence-electron chi connectivity index (χ0n) is 11.0. The molecule has 2 heteroatoms. The quantitative estimate of drug-likeness (QED) is 0.909. The van der Waals surface area contributed by atoms with Crippen molar-refractivity contribution in [1.29, 1.82) is 0 Å². The fraction of sp³-hybridized carbons (Fsp3) is 0.294. The molecule has 0 aliphatic heterocycles. The molecule has 0 saturated carbocycles. The number of fused-ring (bicyclic) bond motifs is 1. The van der Waals surface area contributed by atoms with Crippen molar-refractivity contribution in [2.75, 3.05) is 6.61 Å². The Balaban J connectivity index is 1.55. The predicted octanol–water partition coefficient (Wildman–Crippen LogP) is 2.87. The molecular formula is C17H19NO. The molecule has 0 fully saturated rings. The van der Waals surface area contributed by atoms with Gasteiger partial charge in [-0.3, -0.25) is 0 Å². The minimum Gasteiger partial charge on any atom is -0.376 e. The van der Waals surface area contributed by atoms with Gasteiger partial charge in [0.05, 0.1) is 18.8 Å². The first-order valence-electron chi connectivity index (χ1n) is 6.83. The molecule has 2 N–H and O–H groups in total. The van der Waals surface area contributed by atoms with Gasteiger partial charge in [-0.2, -0.15) is 0 Å². The summed E-state index contributed by atoms with van der Waals surface area (Å²) in [6, 6.07) is 18.8. The van der Waals surface area contributed by atoms with Gasteiger partial charge in [-0.25, -0.2) is 0 Å². The van der Waals surface area contributed by atoms with Crippen molar-refractivity contribution in [3.05, 3.63) is 71.3 Å². The lowest BCUT2D eigenvalue weighted by atomic mass is 10.1. The summed E-state index contributed by atoms with van der Waals surface area (Å²) in [4.78, 5) is 0. The lowest BCUT2D eigenvalue weighted by molar-refractivity contribution is 0.0457. The average Bonchev–Trinajstić information content (AvgIpc) is 2.78. The number of hydrogen-bond donors (Lipinski definition) is 1. The highest BCUT2D eigenvalue weighted by Crippen LogP contribution is 2.31. The first-order valence-corrected chi connectivity index (χ1v) is 6.83. The maximum absolute atomic E-state index is 6.25. The van der Waals surface area contributed by atoms with E-state index in [1.165, 1.54) is 16.7 Å². The fourth-order valence-corrected chi connectivity index (χ4v) is 2.72. The molecule has 1 aliphatic rings. The van der Waals surface area contributed by atoms with Crippen molar-refractivity contribution >= 4 is 0 Å². The van der Waals surface area contributed by atoms with Crippen LogP contribution in [0.5, 0.6) is 0 Å². The van der Waals surface area contributed by atoms with E-state index in [-0.39, 0.29) is 12.1 Å². The molecule has 19 heavy (non-hydrogen) atoms. The Kier molecular flexibility index (Phi) is 3.62. The van der Waals surface area contributed by atoms with Gasteiger partial charge in [0.25, 0.3) is 0 Å². The van der Waals surface area contributed by atoms with E-state index < -0.39 is 0 Å². The van der Waals surface area contributed by atoms with E-state index in [9.17, 15) is 0 Å². The summed E-state index contributed by atoms with van der Waals surface area (Å²) in [5.41, 5.74) is 10.1. The summed E-state index contributed by atoms with van der Waals surface area (Å²) in [7, 11) is 0. The minimum atomic E-state index is 0.0203. The molecule has 2 aromatic carbocycles. The standard InChI is InChI=1S/C17H19NO/c18-17-15-9-5-4-8-14(15)12-16(17)19-11-10-13-6-2-1-3-7-13/h1-9,16-17H,10-12,18H2. The van der Waals surface area contributed by atoms with Crippen molar-refractivity contribution in [2.45, 2.75) is 25.0 Å². The zero-order chi connectivity index (χ0) is 13.1. The molecule has 2 unspecified atom stereocenters. The Hall–Kier alpha value is -1.64. The number of benzene rings is 2. The minimum absolute atomic E-state index is 0.0203. The Labute approximate surface area is 114 Å². The van der Waals surface area contributed by atoms with Gasteiger partial charge in [-0.1, -0.05) is 54.6 Å². The second-order valence-electron chi connectivity index (χ2n) is 5.07. The first-order chi connectivity index (χ1) is 9.34. The lowest BCUT2D eigenvalue weighted by Crippen LogP contribution is -2.26. The molecule has 2 atom stereocenters. The molecule has 98 valence electrons. The molecule has 1 aliphatic carbocycles. The second-order valence-corrected chi connectivity index (χ2v) is 5.07. The Bertz CT molecular complexity index is 538. The molecule has 0 saturated heterocycles. The third-order valence-corrected chi connectivity index (χ3v) is 3.80. The van der Waals surface area contributed by atoms with Gasteiger partial charge in [0.1, 0.15) is 0 Å². The highest BCUT2D eigenvalue weighted by molar-refractivity contribution is 5.36. The van der Waals surface area contributed by atoms with Crippen LogP contribution in [0, 0.1) is 0 Å². The summed E-state index contributed by atoms with van der Waals surface area (Å²) in [6.07, 6.45) is 2.01. The summed E-state index contributed by atoms with van der Waals surface area (Å²) in [6.45, 7) is 0.733. The number of hydrogen-bond acceptors (Lipinski definition) is 2. The third kappa shape index (κ3) is 2.70. The van der Waals surface area contributed by atoms with Crippen LogP contribution in [0.3, 0.4) is 0 Å². The molecule has 0 amide bonds. The van der Waals surface area contributed by atoms with E-state index in [0.717, 1.165) is 19.4 Å². The molecule has 0 spiro atoms. The maximum Gasteiger partial charge on any atom is 0.0808 e. The van der Waals surface area contributed by atoms with Crippen molar-refractivity contribution in [2.24, 2.45) is 5.73 Å². The van der Waals surface area contributed by atoms with Crippen LogP contribution in [0.15, 0.2) is 54.6 Å². The molecular weight excluding hydrogens is 234 g/mol. The molecule has 3 rings (SSSR count). The van der Waals surface area contributed by atoms with E-state index in [2.05, 4.69) is 42.5 Å². The normalized spacial score (nSPS) is 21.3. The predicted molar refractivity (Wildman–Crippen MR) is 77.0 cm³/mol. The number of rotatable bonds is 4. The first kappa shape index (κ1) is 12.4. The number of ether oxygens (including phenoxy) is 1. The lowest BCUT2D eigenvalue weighted by Gasteiger charge is -2.17. The van der Waals surface area contributed by atoms with Crippen LogP contribution in [0.2, 0.25) is 0 Å². The van der Waals surface area contributed by atoms with Crippen molar-refractivity contribution in [1.82, 2.24) is 0 Å². The van der Waals surface area contributed by atoms with E-state index >= 15 is 0 Å². The van der Waals surface area contributed by atoms with E-state index in [1.807, 2.05) is 12.1 Å². The van der Waals surface area contributed by atoms with Gasteiger partial charge < -0.3 is 10.5 Å².